The third kappa shape index (κ3) is 3.45. The quantitative estimate of drug-likeness (QED) is 0.581. The van der Waals surface area contributed by atoms with Crippen molar-refractivity contribution in [3.63, 3.8) is 0 Å². The van der Waals surface area contributed by atoms with Crippen molar-refractivity contribution in [1.29, 1.82) is 0 Å². The second-order valence-corrected chi connectivity index (χ2v) is 2.32. The van der Waals surface area contributed by atoms with Crippen molar-refractivity contribution < 1.29 is 4.79 Å². The average Bonchev–Trinajstić information content (AvgIpc) is 1.89. The number of primary amides is 1. The van der Waals surface area contributed by atoms with Crippen molar-refractivity contribution in [3.05, 3.63) is 0 Å². The summed E-state index contributed by atoms with van der Waals surface area (Å²) < 4.78 is 0. The first-order valence-electron chi connectivity index (χ1n) is 3.75. The molecule has 10 heavy (non-hydrogen) atoms. The fourth-order valence-electron chi connectivity index (χ4n) is 0.765. The number of amides is 1. The number of nitrogens with one attached hydrogen (secondary N) is 1. The normalized spacial score (nSPS) is 13.0. The maximum Gasteiger partial charge on any atom is 0.234 e. The topological polar surface area (TPSA) is 55.1 Å². The van der Waals surface area contributed by atoms with E-state index >= 15 is 0 Å². The number of rotatable bonds is 5. The molecule has 0 unspecified atom stereocenters. The van der Waals surface area contributed by atoms with E-state index in [0.29, 0.717) is 0 Å². The third-order valence-corrected chi connectivity index (χ3v) is 1.39. The Morgan fingerprint density at radius 1 is 1.60 bits per heavy atom. The van der Waals surface area contributed by atoms with E-state index in [4.69, 9.17) is 5.73 Å². The van der Waals surface area contributed by atoms with E-state index in [-0.39, 0.29) is 11.9 Å². The fourth-order valence-corrected chi connectivity index (χ4v) is 0.765. The Labute approximate surface area is 62.0 Å². The zero-order chi connectivity index (χ0) is 7.98. The summed E-state index contributed by atoms with van der Waals surface area (Å²) >= 11 is 0. The Hall–Kier alpha value is -0.570. The van der Waals surface area contributed by atoms with Crippen LogP contribution in [0.1, 0.15) is 26.7 Å². The van der Waals surface area contributed by atoms with E-state index < -0.39 is 0 Å². The first kappa shape index (κ1) is 9.43. The Kier molecular flexibility index (Phi) is 4.94. The molecule has 0 aliphatic heterocycles. The first-order chi connectivity index (χ1) is 4.72. The highest BCUT2D eigenvalue weighted by Crippen LogP contribution is 1.88. The number of hydrogen-bond donors (Lipinski definition) is 2. The van der Waals surface area contributed by atoms with E-state index in [1.807, 2.05) is 6.92 Å². The van der Waals surface area contributed by atoms with Crippen molar-refractivity contribution >= 4 is 5.91 Å². The molecule has 3 heteroatoms. The Bertz CT molecular complexity index is 104. The van der Waals surface area contributed by atoms with E-state index in [9.17, 15) is 4.79 Å². The van der Waals surface area contributed by atoms with Crippen LogP contribution in [-0.2, 0) is 4.79 Å². The van der Waals surface area contributed by atoms with Gasteiger partial charge in [-0.25, -0.2) is 0 Å². The molecule has 0 rings (SSSR count). The molecule has 1 atom stereocenters. The number of hydrogen-bond acceptors (Lipinski definition) is 2. The molecule has 0 saturated carbocycles. The fraction of sp³-hybridized carbons (Fsp3) is 0.857. The molecular formula is C7H16N2O. The minimum atomic E-state index is -0.254. The highest BCUT2D eigenvalue weighted by molar-refractivity contribution is 5.79. The van der Waals surface area contributed by atoms with Crippen LogP contribution < -0.4 is 11.1 Å². The van der Waals surface area contributed by atoms with Crippen molar-refractivity contribution in [3.8, 4) is 0 Å². The van der Waals surface area contributed by atoms with E-state index in [1.165, 1.54) is 0 Å². The van der Waals surface area contributed by atoms with Gasteiger partial charge in [0.2, 0.25) is 5.91 Å². The lowest BCUT2D eigenvalue weighted by molar-refractivity contribution is -0.120. The van der Waals surface area contributed by atoms with Gasteiger partial charge in [0.15, 0.2) is 0 Å². The highest BCUT2D eigenvalue weighted by Gasteiger charge is 2.09. The smallest absolute Gasteiger partial charge is 0.234 e. The summed E-state index contributed by atoms with van der Waals surface area (Å²) in [5.74, 6) is -0.254. The Balaban J connectivity index is 3.50. The molecule has 0 bridgehead atoms. The number of carbonyl (C=O) groups is 1. The summed E-state index contributed by atoms with van der Waals surface area (Å²) in [6.45, 7) is 4.86. The van der Waals surface area contributed by atoms with Gasteiger partial charge < -0.3 is 11.1 Å². The predicted octanol–water partition coefficient (Wildman–Crippen LogP) is 0.250. The lowest BCUT2D eigenvalue weighted by Gasteiger charge is -2.11. The summed E-state index contributed by atoms with van der Waals surface area (Å²) in [6, 6.07) is -0.139. The molecule has 0 radical (unpaired) electrons. The van der Waals surface area contributed by atoms with Crippen LogP contribution in [0, 0.1) is 0 Å². The highest BCUT2D eigenvalue weighted by atomic mass is 16.1. The van der Waals surface area contributed by atoms with E-state index in [0.717, 1.165) is 19.4 Å². The van der Waals surface area contributed by atoms with Gasteiger partial charge in [-0.2, -0.15) is 0 Å². The van der Waals surface area contributed by atoms with Gasteiger partial charge in [0.25, 0.3) is 0 Å². The van der Waals surface area contributed by atoms with Crippen LogP contribution in [0.4, 0.5) is 0 Å². The molecular weight excluding hydrogens is 128 g/mol. The van der Waals surface area contributed by atoms with Gasteiger partial charge >= 0.3 is 0 Å². The van der Waals surface area contributed by atoms with Gasteiger partial charge in [-0.05, 0) is 19.4 Å². The van der Waals surface area contributed by atoms with E-state index in [1.54, 1.807) is 0 Å². The van der Waals surface area contributed by atoms with Crippen LogP contribution in [0.3, 0.4) is 0 Å². The van der Waals surface area contributed by atoms with Crippen molar-refractivity contribution in [2.45, 2.75) is 32.7 Å². The summed E-state index contributed by atoms with van der Waals surface area (Å²) in [4.78, 5) is 10.6. The van der Waals surface area contributed by atoms with Crippen LogP contribution in [-0.4, -0.2) is 18.5 Å². The Morgan fingerprint density at radius 2 is 2.20 bits per heavy atom. The molecule has 0 spiro atoms. The Morgan fingerprint density at radius 3 is 2.50 bits per heavy atom. The van der Waals surface area contributed by atoms with Gasteiger partial charge in [0, 0.05) is 0 Å². The molecule has 3 N–H and O–H groups in total. The predicted molar refractivity (Wildman–Crippen MR) is 41.6 cm³/mol. The summed E-state index contributed by atoms with van der Waals surface area (Å²) in [7, 11) is 0. The molecule has 0 aliphatic rings. The van der Waals surface area contributed by atoms with Crippen molar-refractivity contribution in [2.24, 2.45) is 5.73 Å². The molecule has 1 amide bonds. The molecule has 0 aliphatic carbocycles. The van der Waals surface area contributed by atoms with Crippen LogP contribution in [0.5, 0.6) is 0 Å². The standard InChI is InChI=1S/C7H16N2O/c1-3-5-9-6(4-2)7(8)10/h6,9H,3-5H2,1-2H3,(H2,8,10)/t6-/m0/s1. The molecule has 0 fully saturated rings. The molecule has 60 valence electrons. The minimum absolute atomic E-state index is 0.139. The average molecular weight is 144 g/mol. The van der Waals surface area contributed by atoms with Gasteiger partial charge in [-0.3, -0.25) is 4.79 Å². The van der Waals surface area contributed by atoms with Crippen LogP contribution in [0.25, 0.3) is 0 Å². The molecule has 3 nitrogen and oxygen atoms in total. The molecule has 0 heterocycles. The zero-order valence-electron chi connectivity index (χ0n) is 6.68. The monoisotopic (exact) mass is 144 g/mol. The summed E-state index contributed by atoms with van der Waals surface area (Å²) in [6.07, 6.45) is 1.80. The molecule has 0 aromatic carbocycles. The first-order valence-corrected chi connectivity index (χ1v) is 3.75. The maximum atomic E-state index is 10.6. The molecule has 0 saturated heterocycles. The maximum absolute atomic E-state index is 10.6. The van der Waals surface area contributed by atoms with Crippen LogP contribution in [0.2, 0.25) is 0 Å². The minimum Gasteiger partial charge on any atom is -0.368 e. The lowest BCUT2D eigenvalue weighted by Crippen LogP contribution is -2.40. The van der Waals surface area contributed by atoms with Crippen LogP contribution in [0.15, 0.2) is 0 Å². The second kappa shape index (κ2) is 5.23. The van der Waals surface area contributed by atoms with Gasteiger partial charge in [0.1, 0.15) is 0 Å². The van der Waals surface area contributed by atoms with Crippen LogP contribution >= 0.6 is 0 Å². The van der Waals surface area contributed by atoms with Crippen molar-refractivity contribution in [1.82, 2.24) is 5.32 Å². The summed E-state index contributed by atoms with van der Waals surface area (Å²) in [5.41, 5.74) is 5.09. The lowest BCUT2D eigenvalue weighted by atomic mass is 10.2. The molecule has 0 aromatic heterocycles. The molecule has 0 aromatic rings. The number of nitrogens with two attached hydrogens (primary N) is 1. The van der Waals surface area contributed by atoms with Crippen molar-refractivity contribution in [2.75, 3.05) is 6.54 Å². The van der Waals surface area contributed by atoms with E-state index in [2.05, 4.69) is 12.2 Å². The summed E-state index contributed by atoms with van der Waals surface area (Å²) in [5, 5.41) is 3.04. The largest absolute Gasteiger partial charge is 0.368 e. The zero-order valence-corrected chi connectivity index (χ0v) is 6.68. The van der Waals surface area contributed by atoms with Gasteiger partial charge in [0.05, 0.1) is 6.04 Å². The second-order valence-electron chi connectivity index (χ2n) is 2.32. The van der Waals surface area contributed by atoms with Gasteiger partial charge in [-0.1, -0.05) is 13.8 Å². The number of carbonyl (C=O) groups excluding carboxylic acids is 1. The third-order valence-electron chi connectivity index (χ3n) is 1.39. The van der Waals surface area contributed by atoms with Gasteiger partial charge in [-0.15, -0.1) is 0 Å². The SMILES string of the molecule is CCCN[C@@H](CC)C(N)=O.